The highest BCUT2D eigenvalue weighted by Gasteiger charge is 2.26. The monoisotopic (exact) mass is 399 g/mol. The number of anilines is 1. The Labute approximate surface area is 168 Å². The van der Waals surface area contributed by atoms with E-state index < -0.39 is 0 Å². The lowest BCUT2D eigenvalue weighted by molar-refractivity contribution is 0.184. The van der Waals surface area contributed by atoms with Crippen LogP contribution in [0.5, 0.6) is 5.75 Å². The minimum Gasteiger partial charge on any atom is -0.495 e. The van der Waals surface area contributed by atoms with Crippen LogP contribution in [0.15, 0.2) is 36.5 Å². The van der Waals surface area contributed by atoms with Crippen LogP contribution in [0.25, 0.3) is 11.2 Å². The molecule has 0 saturated carbocycles. The van der Waals surface area contributed by atoms with E-state index in [4.69, 9.17) is 16.3 Å². The Kier molecular flexibility index (Phi) is 5.09. The van der Waals surface area contributed by atoms with Crippen molar-refractivity contribution in [1.29, 1.82) is 0 Å². The molecule has 0 unspecified atom stereocenters. The van der Waals surface area contributed by atoms with Gasteiger partial charge >= 0.3 is 6.03 Å². The highest BCUT2D eigenvalue weighted by atomic mass is 35.5. The number of pyridine rings is 1. The third kappa shape index (κ3) is 3.49. The fraction of sp³-hybridized carbons (Fsp3) is 0.350. The van der Waals surface area contributed by atoms with Gasteiger partial charge in [-0.2, -0.15) is 0 Å². The van der Waals surface area contributed by atoms with E-state index in [-0.39, 0.29) is 12.1 Å². The molecule has 1 aromatic carbocycles. The number of fused-ring (bicyclic) bond motifs is 1. The van der Waals surface area contributed by atoms with E-state index in [1.165, 1.54) is 0 Å². The second kappa shape index (κ2) is 7.67. The van der Waals surface area contributed by atoms with Crippen molar-refractivity contribution >= 4 is 34.5 Å². The fourth-order valence-corrected chi connectivity index (χ4v) is 3.95. The van der Waals surface area contributed by atoms with Crippen LogP contribution in [0.4, 0.5) is 10.5 Å². The number of urea groups is 1. The molecule has 4 rings (SSSR count). The average Bonchev–Trinajstić information content (AvgIpc) is 3.04. The van der Waals surface area contributed by atoms with E-state index in [0.717, 1.165) is 29.8 Å². The average molecular weight is 400 g/mol. The molecule has 0 aliphatic carbocycles. The first-order valence-corrected chi connectivity index (χ1v) is 9.63. The predicted molar refractivity (Wildman–Crippen MR) is 109 cm³/mol. The highest BCUT2D eigenvalue weighted by Crippen LogP contribution is 2.30. The van der Waals surface area contributed by atoms with E-state index in [9.17, 15) is 4.79 Å². The van der Waals surface area contributed by atoms with Gasteiger partial charge in [0.2, 0.25) is 0 Å². The van der Waals surface area contributed by atoms with Crippen molar-refractivity contribution in [2.45, 2.75) is 25.8 Å². The number of nitrogens with one attached hydrogen (secondary N) is 1. The Morgan fingerprint density at radius 1 is 1.29 bits per heavy atom. The Morgan fingerprint density at radius 3 is 2.82 bits per heavy atom. The number of carbonyl (C=O) groups is 1. The molecule has 1 N–H and O–H groups in total. The lowest BCUT2D eigenvalue weighted by Gasteiger charge is -2.33. The third-order valence-electron chi connectivity index (χ3n) is 5.15. The molecule has 1 fully saturated rings. The van der Waals surface area contributed by atoms with Crippen LogP contribution >= 0.6 is 11.6 Å². The molecule has 1 aliphatic rings. The number of nitrogens with zero attached hydrogens (tertiary/aromatic N) is 4. The normalized spacial score (nSPS) is 15.0. The molecule has 8 heteroatoms. The van der Waals surface area contributed by atoms with Gasteiger partial charge in [-0.15, -0.1) is 0 Å². The zero-order valence-electron chi connectivity index (χ0n) is 15.9. The number of aryl methyl sites for hydroxylation is 1. The smallest absolute Gasteiger partial charge is 0.321 e. The van der Waals surface area contributed by atoms with E-state index in [2.05, 4.69) is 19.9 Å². The number of likely N-dealkylation sites (tertiary alicyclic amines) is 1. The van der Waals surface area contributed by atoms with Gasteiger partial charge < -0.3 is 19.5 Å². The minimum atomic E-state index is -0.149. The van der Waals surface area contributed by atoms with Crippen LogP contribution in [0.2, 0.25) is 5.02 Å². The summed E-state index contributed by atoms with van der Waals surface area (Å²) < 4.78 is 7.50. The molecular weight excluding hydrogens is 378 g/mol. The Hall–Kier alpha value is -2.80. The van der Waals surface area contributed by atoms with Crippen molar-refractivity contribution in [2.24, 2.45) is 0 Å². The largest absolute Gasteiger partial charge is 0.495 e. The SMILES string of the molecule is COc1ccc(Cl)cc1NC(=O)N1CCC(n2c(C)nc3cccnc32)CC1. The van der Waals surface area contributed by atoms with Gasteiger partial charge in [-0.1, -0.05) is 11.6 Å². The topological polar surface area (TPSA) is 72.3 Å². The van der Waals surface area contributed by atoms with Gasteiger partial charge in [0, 0.05) is 30.4 Å². The molecule has 0 atom stereocenters. The maximum atomic E-state index is 12.7. The number of methoxy groups -OCH3 is 1. The summed E-state index contributed by atoms with van der Waals surface area (Å²) in [5.74, 6) is 1.54. The van der Waals surface area contributed by atoms with Crippen molar-refractivity contribution in [3.05, 3.63) is 47.4 Å². The molecule has 3 aromatic rings. The molecule has 146 valence electrons. The molecule has 2 aromatic heterocycles. The van der Waals surface area contributed by atoms with Gasteiger partial charge in [-0.25, -0.2) is 14.8 Å². The van der Waals surface area contributed by atoms with Crippen molar-refractivity contribution < 1.29 is 9.53 Å². The number of ether oxygens (including phenoxy) is 1. The molecule has 7 nitrogen and oxygen atoms in total. The zero-order valence-corrected chi connectivity index (χ0v) is 16.6. The highest BCUT2D eigenvalue weighted by molar-refractivity contribution is 6.31. The lowest BCUT2D eigenvalue weighted by atomic mass is 10.0. The third-order valence-corrected chi connectivity index (χ3v) is 5.38. The molecule has 3 heterocycles. The number of amides is 2. The number of imidazole rings is 1. The van der Waals surface area contributed by atoms with Crippen LogP contribution in [0.3, 0.4) is 0 Å². The molecule has 1 saturated heterocycles. The van der Waals surface area contributed by atoms with Gasteiger partial charge in [0.15, 0.2) is 5.65 Å². The summed E-state index contributed by atoms with van der Waals surface area (Å²) in [7, 11) is 1.57. The molecule has 0 bridgehead atoms. The molecule has 0 radical (unpaired) electrons. The first-order valence-electron chi connectivity index (χ1n) is 9.26. The number of hydrogen-bond donors (Lipinski definition) is 1. The van der Waals surface area contributed by atoms with Crippen molar-refractivity contribution in [3.63, 3.8) is 0 Å². The number of aromatic nitrogens is 3. The number of piperidine rings is 1. The molecule has 28 heavy (non-hydrogen) atoms. The van der Waals surface area contributed by atoms with E-state index in [1.807, 2.05) is 24.0 Å². The summed E-state index contributed by atoms with van der Waals surface area (Å²) in [4.78, 5) is 23.6. The van der Waals surface area contributed by atoms with Gasteiger partial charge in [0.05, 0.1) is 12.8 Å². The first-order chi connectivity index (χ1) is 13.6. The standard InChI is InChI=1S/C20H22ClN5O2/c1-13-23-16-4-3-9-22-19(16)26(13)15-7-10-25(11-8-15)20(27)24-17-12-14(21)5-6-18(17)28-2/h3-6,9,12,15H,7-8,10-11H2,1-2H3,(H,24,27). The summed E-state index contributed by atoms with van der Waals surface area (Å²) in [6, 6.07) is 9.17. The minimum absolute atomic E-state index is 0.149. The number of rotatable bonds is 3. The van der Waals surface area contributed by atoms with Crippen LogP contribution in [-0.4, -0.2) is 45.7 Å². The Balaban J connectivity index is 1.45. The molecule has 1 aliphatic heterocycles. The van der Waals surface area contributed by atoms with Crippen molar-refractivity contribution in [3.8, 4) is 5.75 Å². The van der Waals surface area contributed by atoms with Crippen LogP contribution in [0, 0.1) is 6.92 Å². The summed E-state index contributed by atoms with van der Waals surface area (Å²) in [6.45, 7) is 3.32. The summed E-state index contributed by atoms with van der Waals surface area (Å²) >= 11 is 6.05. The molecular formula is C20H22ClN5O2. The Morgan fingerprint density at radius 2 is 2.07 bits per heavy atom. The van der Waals surface area contributed by atoms with Gasteiger partial charge in [0.1, 0.15) is 17.1 Å². The summed E-state index contributed by atoms with van der Waals surface area (Å²) in [5.41, 5.74) is 2.39. The van der Waals surface area contributed by atoms with E-state index in [0.29, 0.717) is 29.5 Å². The van der Waals surface area contributed by atoms with Crippen LogP contribution < -0.4 is 10.1 Å². The lowest BCUT2D eigenvalue weighted by Crippen LogP contribution is -2.41. The zero-order chi connectivity index (χ0) is 19.7. The molecule has 0 spiro atoms. The predicted octanol–water partition coefficient (Wildman–Crippen LogP) is 4.27. The maximum absolute atomic E-state index is 12.7. The maximum Gasteiger partial charge on any atom is 0.321 e. The summed E-state index contributed by atoms with van der Waals surface area (Å²) in [6.07, 6.45) is 3.49. The number of halogens is 1. The molecule has 2 amide bonds. The Bertz CT molecular complexity index is 1010. The number of carbonyl (C=O) groups excluding carboxylic acids is 1. The van der Waals surface area contributed by atoms with E-state index in [1.54, 1.807) is 31.5 Å². The van der Waals surface area contributed by atoms with Crippen molar-refractivity contribution in [2.75, 3.05) is 25.5 Å². The fourth-order valence-electron chi connectivity index (χ4n) is 3.78. The van der Waals surface area contributed by atoms with Gasteiger partial charge in [-0.05, 0) is 50.1 Å². The quantitative estimate of drug-likeness (QED) is 0.713. The first kappa shape index (κ1) is 18.6. The van der Waals surface area contributed by atoms with Crippen LogP contribution in [0.1, 0.15) is 24.7 Å². The number of benzene rings is 1. The second-order valence-electron chi connectivity index (χ2n) is 6.87. The number of hydrogen-bond acceptors (Lipinski definition) is 4. The van der Waals surface area contributed by atoms with Gasteiger partial charge in [0.25, 0.3) is 0 Å². The summed E-state index contributed by atoms with van der Waals surface area (Å²) in [5, 5.41) is 3.45. The van der Waals surface area contributed by atoms with Gasteiger partial charge in [-0.3, -0.25) is 0 Å². The second-order valence-corrected chi connectivity index (χ2v) is 7.30. The van der Waals surface area contributed by atoms with Crippen molar-refractivity contribution in [1.82, 2.24) is 19.4 Å². The van der Waals surface area contributed by atoms with Crippen LogP contribution in [-0.2, 0) is 0 Å². The van der Waals surface area contributed by atoms with E-state index >= 15 is 0 Å².